The van der Waals surface area contributed by atoms with Crippen LogP contribution >= 0.6 is 12.4 Å². The molecule has 2 amide bonds. The molecule has 6 rings (SSSR count). The molecule has 13 heteroatoms. The van der Waals surface area contributed by atoms with E-state index in [0.717, 1.165) is 51.9 Å². The zero-order chi connectivity index (χ0) is 44.9. The third-order valence-corrected chi connectivity index (χ3v) is 11.8. The third-order valence-electron chi connectivity index (χ3n) is 11.8. The number of likely N-dealkylation sites (tertiary alicyclic amines) is 2. The fraction of sp³-hybridized carbons (Fsp3) is 0.440. The van der Waals surface area contributed by atoms with Crippen LogP contribution < -0.4 is 20.1 Å². The number of rotatable bonds is 10. The molecule has 340 valence electrons. The Morgan fingerprint density at radius 1 is 0.635 bits per heavy atom. The number of aromatic carboxylic acids is 1. The van der Waals surface area contributed by atoms with Crippen LogP contribution in [0.1, 0.15) is 118 Å². The van der Waals surface area contributed by atoms with Gasteiger partial charge in [-0.1, -0.05) is 51.0 Å². The maximum absolute atomic E-state index is 12.5. The second-order valence-corrected chi connectivity index (χ2v) is 17.7. The first-order chi connectivity index (χ1) is 29.5. The van der Waals surface area contributed by atoms with E-state index < -0.39 is 29.7 Å². The zero-order valence-electron chi connectivity index (χ0n) is 37.8. The van der Waals surface area contributed by atoms with Crippen LogP contribution in [0.15, 0.2) is 97.1 Å². The second-order valence-electron chi connectivity index (χ2n) is 17.7. The molecule has 0 aromatic heterocycles. The average molecular weight is 886 g/mol. The highest BCUT2D eigenvalue weighted by molar-refractivity contribution is 5.92. The van der Waals surface area contributed by atoms with Gasteiger partial charge < -0.3 is 29.1 Å². The van der Waals surface area contributed by atoms with Crippen LogP contribution in [0, 0.1) is 0 Å². The van der Waals surface area contributed by atoms with Gasteiger partial charge in [-0.2, -0.15) is 0 Å². The predicted molar refractivity (Wildman–Crippen MR) is 251 cm³/mol. The summed E-state index contributed by atoms with van der Waals surface area (Å²) >= 11 is 0. The number of amides is 2. The molecule has 0 bridgehead atoms. The quantitative estimate of drug-likeness (QED) is 0.132. The minimum atomic E-state index is -1.01. The van der Waals surface area contributed by atoms with Crippen LogP contribution in [-0.2, 0) is 15.6 Å². The lowest BCUT2D eigenvalue weighted by atomic mass is 9.74. The molecule has 2 saturated heterocycles. The topological polar surface area (TPSA) is 147 Å². The number of carboxylic acids is 1. The molecule has 0 aliphatic carbocycles. The van der Waals surface area contributed by atoms with Gasteiger partial charge in [0.05, 0.1) is 11.1 Å². The Hall–Kier alpha value is -5.43. The van der Waals surface area contributed by atoms with Gasteiger partial charge in [0.25, 0.3) is 0 Å². The molecule has 63 heavy (non-hydrogen) atoms. The Balaban J connectivity index is 0.000000274. The SMILES string of the molecule is CCC1(c2cccc(OC(=O)Nc3ccc(C(=O)O)cc3)c2)CCCCN(C)C1.CCC1(c2cccc(OC(=O)Nc3ccc(C(=O)OC(C)(C)C)cc3)c2)CCCCN(C)C1.Cl. The molecule has 4 aromatic rings. The number of nitrogens with zero attached hydrogens (tertiary/aromatic N) is 2. The van der Waals surface area contributed by atoms with Crippen molar-refractivity contribution < 1.29 is 38.5 Å². The highest BCUT2D eigenvalue weighted by Gasteiger charge is 2.35. The van der Waals surface area contributed by atoms with Gasteiger partial charge >= 0.3 is 24.1 Å². The number of esters is 1. The van der Waals surface area contributed by atoms with Gasteiger partial charge in [-0.25, -0.2) is 19.2 Å². The minimum Gasteiger partial charge on any atom is -0.478 e. The number of nitrogens with one attached hydrogen (secondary N) is 2. The first kappa shape index (κ1) is 50.2. The number of likely N-dealkylation sites (N-methyl/N-ethyl adjacent to an activating group) is 2. The van der Waals surface area contributed by atoms with E-state index in [1.165, 1.54) is 61.1 Å². The van der Waals surface area contributed by atoms with Crippen molar-refractivity contribution in [1.82, 2.24) is 9.80 Å². The van der Waals surface area contributed by atoms with Crippen molar-refractivity contribution >= 4 is 47.9 Å². The number of carboxylic acid groups (broad SMARTS) is 1. The number of anilines is 2. The summed E-state index contributed by atoms with van der Waals surface area (Å²) in [5.41, 5.74) is 3.59. The van der Waals surface area contributed by atoms with Gasteiger partial charge in [0.2, 0.25) is 0 Å². The molecule has 2 aliphatic rings. The van der Waals surface area contributed by atoms with Crippen molar-refractivity contribution in [2.45, 2.75) is 102 Å². The normalized spacial score (nSPS) is 19.3. The predicted octanol–water partition coefficient (Wildman–Crippen LogP) is 11.2. The Morgan fingerprint density at radius 2 is 1.05 bits per heavy atom. The monoisotopic (exact) mass is 884 g/mol. The first-order valence-corrected chi connectivity index (χ1v) is 21.7. The molecule has 2 atom stereocenters. The second kappa shape index (κ2) is 22.8. The number of carbonyl (C=O) groups is 4. The zero-order valence-corrected chi connectivity index (χ0v) is 38.6. The number of hydrogen-bond donors (Lipinski definition) is 3. The number of benzene rings is 4. The summed E-state index contributed by atoms with van der Waals surface area (Å²) in [6.07, 6.45) is 7.96. The maximum atomic E-state index is 12.5. The van der Waals surface area contributed by atoms with Crippen molar-refractivity contribution in [3.05, 3.63) is 119 Å². The van der Waals surface area contributed by atoms with E-state index in [0.29, 0.717) is 28.4 Å². The van der Waals surface area contributed by atoms with Gasteiger partial charge in [0.1, 0.15) is 17.1 Å². The molecule has 0 spiro atoms. The van der Waals surface area contributed by atoms with Gasteiger partial charge in [-0.15, -0.1) is 12.4 Å². The summed E-state index contributed by atoms with van der Waals surface area (Å²) in [4.78, 5) is 52.6. The maximum Gasteiger partial charge on any atom is 0.417 e. The summed E-state index contributed by atoms with van der Waals surface area (Å²) in [7, 11) is 4.34. The molecule has 4 aromatic carbocycles. The fourth-order valence-corrected chi connectivity index (χ4v) is 8.50. The summed E-state index contributed by atoms with van der Waals surface area (Å²) in [5.74, 6) is -0.385. The van der Waals surface area contributed by atoms with Crippen LogP contribution in [0.25, 0.3) is 0 Å². The lowest BCUT2D eigenvalue weighted by Gasteiger charge is -2.35. The van der Waals surface area contributed by atoms with Crippen LogP contribution in [0.4, 0.5) is 21.0 Å². The molecule has 0 radical (unpaired) electrons. The van der Waals surface area contributed by atoms with Crippen molar-refractivity contribution in [2.75, 3.05) is 50.9 Å². The molecule has 2 aliphatic heterocycles. The Bertz CT molecular complexity index is 2140. The number of carbonyl (C=O) groups excluding carboxylic acids is 3. The molecular weight excluding hydrogens is 820 g/mol. The smallest absolute Gasteiger partial charge is 0.417 e. The van der Waals surface area contributed by atoms with E-state index in [1.807, 2.05) is 45.0 Å². The fourth-order valence-electron chi connectivity index (χ4n) is 8.50. The molecule has 2 fully saturated rings. The van der Waals surface area contributed by atoms with Crippen molar-refractivity contribution in [2.24, 2.45) is 0 Å². The van der Waals surface area contributed by atoms with Crippen LogP contribution in [0.2, 0.25) is 0 Å². The third kappa shape index (κ3) is 14.6. The van der Waals surface area contributed by atoms with E-state index in [-0.39, 0.29) is 28.8 Å². The van der Waals surface area contributed by atoms with Gasteiger partial charge in [0.15, 0.2) is 0 Å². The highest BCUT2D eigenvalue weighted by atomic mass is 35.5. The highest BCUT2D eigenvalue weighted by Crippen LogP contribution is 2.39. The summed E-state index contributed by atoms with van der Waals surface area (Å²) in [5, 5.41) is 14.3. The molecule has 3 N–H and O–H groups in total. The van der Waals surface area contributed by atoms with Crippen molar-refractivity contribution in [1.29, 1.82) is 0 Å². The Labute approximate surface area is 379 Å². The lowest BCUT2D eigenvalue weighted by molar-refractivity contribution is 0.00692. The van der Waals surface area contributed by atoms with Gasteiger partial charge in [-0.3, -0.25) is 10.6 Å². The molecule has 2 unspecified atom stereocenters. The van der Waals surface area contributed by atoms with Crippen LogP contribution in [-0.4, -0.2) is 84.9 Å². The summed E-state index contributed by atoms with van der Waals surface area (Å²) < 4.78 is 16.4. The number of ether oxygens (including phenoxy) is 3. The van der Waals surface area contributed by atoms with Gasteiger partial charge in [-0.05, 0) is 170 Å². The molecule has 0 saturated carbocycles. The number of halogens is 1. The molecular formula is C50H65ClN4O8. The lowest BCUT2D eigenvalue weighted by Crippen LogP contribution is -2.37. The van der Waals surface area contributed by atoms with E-state index in [4.69, 9.17) is 19.3 Å². The largest absolute Gasteiger partial charge is 0.478 e. The van der Waals surface area contributed by atoms with Gasteiger partial charge in [0, 0.05) is 35.3 Å². The van der Waals surface area contributed by atoms with Crippen LogP contribution in [0.5, 0.6) is 11.5 Å². The summed E-state index contributed by atoms with van der Waals surface area (Å²) in [6, 6.07) is 28.2. The van der Waals surface area contributed by atoms with E-state index in [9.17, 15) is 19.2 Å². The van der Waals surface area contributed by atoms with E-state index in [2.05, 4.69) is 60.5 Å². The van der Waals surface area contributed by atoms with Crippen molar-refractivity contribution in [3.63, 3.8) is 0 Å². The van der Waals surface area contributed by atoms with Crippen molar-refractivity contribution in [3.8, 4) is 11.5 Å². The van der Waals surface area contributed by atoms with E-state index in [1.54, 1.807) is 36.4 Å². The standard InChI is InChI=1S/C27H36N2O4.C23H28N2O4.ClH/c1-6-27(16-7-8-17-29(5)19-27)21-10-9-11-23(18-21)32-25(31)28-22-14-12-20(13-15-22)24(30)33-26(2,3)4;1-3-23(13-4-5-14-25(2)16-23)18-7-6-8-20(15-18)29-22(28)24-19-11-9-17(10-12-19)21(26)27;/h9-15,18H,6-8,16-17,19H2,1-5H3,(H,28,31);6-12,15H,3-5,13-14,16H2,1-2H3,(H,24,28)(H,26,27);1H. The first-order valence-electron chi connectivity index (χ1n) is 21.7. The Kier molecular flexibility index (Phi) is 18.2. The summed E-state index contributed by atoms with van der Waals surface area (Å²) in [6.45, 7) is 14.2. The minimum absolute atomic E-state index is 0. The number of hydrogen-bond acceptors (Lipinski definition) is 9. The molecule has 2 heterocycles. The van der Waals surface area contributed by atoms with E-state index >= 15 is 0 Å². The Morgan fingerprint density at radius 3 is 1.43 bits per heavy atom. The molecule has 12 nitrogen and oxygen atoms in total. The average Bonchev–Trinajstić information content (AvgIpc) is 3.56. The van der Waals surface area contributed by atoms with Crippen LogP contribution in [0.3, 0.4) is 0 Å².